The number of nitrogens with zero attached hydrogens (tertiary/aromatic N) is 1. The zero-order chi connectivity index (χ0) is 16.8. The van der Waals surface area contributed by atoms with Crippen LogP contribution < -0.4 is 4.72 Å². The van der Waals surface area contributed by atoms with Gasteiger partial charge in [0.2, 0.25) is 0 Å². The molecular weight excluding hydrogens is 312 g/mol. The summed E-state index contributed by atoms with van der Waals surface area (Å²) in [5, 5.41) is 0. The summed E-state index contributed by atoms with van der Waals surface area (Å²) in [5.41, 5.74) is 0. The fourth-order valence-electron chi connectivity index (χ4n) is 2.06. The van der Waals surface area contributed by atoms with E-state index in [9.17, 15) is 18.0 Å². The molecule has 1 amide bonds. The van der Waals surface area contributed by atoms with E-state index in [4.69, 9.17) is 4.74 Å². The summed E-state index contributed by atoms with van der Waals surface area (Å²) in [6.07, 6.45) is 1.30. The molecule has 22 heavy (non-hydrogen) atoms. The first-order valence-electron chi connectivity index (χ1n) is 6.94. The number of methoxy groups -OCH3 is 1. The van der Waals surface area contributed by atoms with Gasteiger partial charge in [0, 0.05) is 13.1 Å². The smallest absolute Gasteiger partial charge is 0.308 e. The Hall–Kier alpha value is -1.45. The van der Waals surface area contributed by atoms with E-state index in [1.54, 1.807) is 0 Å². The van der Waals surface area contributed by atoms with Gasteiger partial charge in [-0.2, -0.15) is 12.7 Å². The van der Waals surface area contributed by atoms with E-state index in [1.165, 1.54) is 20.1 Å². The molecule has 0 spiro atoms. The third-order valence-electron chi connectivity index (χ3n) is 3.39. The first-order valence-corrected chi connectivity index (χ1v) is 8.38. The van der Waals surface area contributed by atoms with Crippen LogP contribution in [0, 0.1) is 5.92 Å². The van der Waals surface area contributed by atoms with Gasteiger partial charge in [-0.15, -0.1) is 6.58 Å². The Balaban J connectivity index is 2.55. The van der Waals surface area contributed by atoms with Crippen molar-refractivity contribution in [1.82, 2.24) is 9.03 Å². The highest BCUT2D eigenvalue weighted by Crippen LogP contribution is 2.20. The number of hydrogen-bond donors (Lipinski definition) is 1. The van der Waals surface area contributed by atoms with Gasteiger partial charge in [0.05, 0.1) is 19.6 Å². The fourth-order valence-corrected chi connectivity index (χ4v) is 3.30. The minimum atomic E-state index is -3.93. The molecule has 0 aromatic carbocycles. The maximum absolute atomic E-state index is 12.1. The van der Waals surface area contributed by atoms with Crippen LogP contribution in [-0.2, 0) is 29.3 Å². The Labute approximate surface area is 130 Å². The molecule has 1 aliphatic heterocycles. The monoisotopic (exact) mass is 334 g/mol. The van der Waals surface area contributed by atoms with E-state index in [-0.39, 0.29) is 31.6 Å². The molecule has 1 rings (SSSR count). The second kappa shape index (κ2) is 8.25. The number of ether oxygens (including phenoxy) is 2. The summed E-state index contributed by atoms with van der Waals surface area (Å²) in [5.74, 6) is -1.38. The van der Waals surface area contributed by atoms with Gasteiger partial charge in [0.25, 0.3) is 5.91 Å². The Morgan fingerprint density at radius 1 is 1.41 bits per heavy atom. The van der Waals surface area contributed by atoms with Crippen molar-refractivity contribution in [2.75, 3.05) is 26.8 Å². The molecule has 0 aromatic rings. The SMILES string of the molecule is C=CCO[C@@H](C)C(=O)NS(=O)(=O)N1CCC(C(=O)OC)CC1. The molecule has 0 radical (unpaired) electrons. The van der Waals surface area contributed by atoms with E-state index in [0.29, 0.717) is 12.8 Å². The molecular formula is C13H22N2O6S. The Morgan fingerprint density at radius 2 is 2.00 bits per heavy atom. The number of carbonyl (C=O) groups excluding carboxylic acids is 2. The van der Waals surface area contributed by atoms with Gasteiger partial charge in [0.1, 0.15) is 6.10 Å². The fraction of sp³-hybridized carbons (Fsp3) is 0.692. The topological polar surface area (TPSA) is 102 Å². The quantitative estimate of drug-likeness (QED) is 0.512. The van der Waals surface area contributed by atoms with Crippen LogP contribution >= 0.6 is 0 Å². The van der Waals surface area contributed by atoms with Crippen LogP contribution in [0.2, 0.25) is 0 Å². The second-order valence-corrected chi connectivity index (χ2v) is 6.60. The number of carbonyl (C=O) groups is 2. The van der Waals surface area contributed by atoms with Gasteiger partial charge in [-0.1, -0.05) is 6.08 Å². The maximum atomic E-state index is 12.1. The number of nitrogens with one attached hydrogen (secondary N) is 1. The molecule has 1 fully saturated rings. The standard InChI is InChI=1S/C13H22N2O6S/c1-4-9-21-10(2)12(16)14-22(18,19)15-7-5-11(6-8-15)13(17)20-3/h4,10-11H,1,5-9H2,2-3H3,(H,14,16)/t10-/m0/s1. The average Bonchev–Trinajstić information content (AvgIpc) is 2.51. The second-order valence-electron chi connectivity index (χ2n) is 4.93. The molecule has 1 heterocycles. The van der Waals surface area contributed by atoms with Gasteiger partial charge in [0.15, 0.2) is 0 Å². The van der Waals surface area contributed by atoms with Gasteiger partial charge >= 0.3 is 16.2 Å². The summed E-state index contributed by atoms with van der Waals surface area (Å²) in [4.78, 5) is 23.2. The largest absolute Gasteiger partial charge is 0.469 e. The maximum Gasteiger partial charge on any atom is 0.308 e. The van der Waals surface area contributed by atoms with Crippen molar-refractivity contribution in [3.63, 3.8) is 0 Å². The van der Waals surface area contributed by atoms with Gasteiger partial charge in [-0.25, -0.2) is 4.72 Å². The normalized spacial score (nSPS) is 18.5. The van der Waals surface area contributed by atoms with Crippen molar-refractivity contribution in [3.05, 3.63) is 12.7 Å². The van der Waals surface area contributed by atoms with Crippen LogP contribution in [0.4, 0.5) is 0 Å². The Kier molecular flexibility index (Phi) is 6.98. The van der Waals surface area contributed by atoms with Crippen molar-refractivity contribution < 1.29 is 27.5 Å². The molecule has 0 unspecified atom stereocenters. The van der Waals surface area contributed by atoms with Gasteiger partial charge in [-0.05, 0) is 19.8 Å². The Morgan fingerprint density at radius 3 is 2.50 bits per heavy atom. The third kappa shape index (κ3) is 5.08. The lowest BCUT2D eigenvalue weighted by molar-refractivity contribution is -0.146. The number of hydrogen-bond acceptors (Lipinski definition) is 6. The lowest BCUT2D eigenvalue weighted by atomic mass is 9.99. The van der Waals surface area contributed by atoms with Gasteiger partial charge < -0.3 is 9.47 Å². The highest BCUT2D eigenvalue weighted by Gasteiger charge is 2.33. The van der Waals surface area contributed by atoms with E-state index in [2.05, 4.69) is 11.3 Å². The van der Waals surface area contributed by atoms with Crippen LogP contribution in [0.25, 0.3) is 0 Å². The lowest BCUT2D eigenvalue weighted by Crippen LogP contribution is -2.49. The molecule has 1 N–H and O–H groups in total. The Bertz CT molecular complexity index is 511. The first kappa shape index (κ1) is 18.6. The molecule has 126 valence electrons. The molecule has 0 bridgehead atoms. The van der Waals surface area contributed by atoms with Crippen LogP contribution in [-0.4, -0.2) is 57.5 Å². The first-order chi connectivity index (χ1) is 10.3. The van der Waals surface area contributed by atoms with Crippen molar-refractivity contribution in [2.45, 2.75) is 25.9 Å². The highest BCUT2D eigenvalue weighted by atomic mass is 32.2. The van der Waals surface area contributed by atoms with E-state index in [0.717, 1.165) is 4.31 Å². The van der Waals surface area contributed by atoms with Crippen molar-refractivity contribution >= 4 is 22.1 Å². The third-order valence-corrected chi connectivity index (χ3v) is 4.90. The lowest BCUT2D eigenvalue weighted by Gasteiger charge is -2.29. The number of esters is 1. The minimum Gasteiger partial charge on any atom is -0.469 e. The molecule has 0 aliphatic carbocycles. The predicted octanol–water partition coefficient (Wildman–Crippen LogP) is -0.176. The average molecular weight is 334 g/mol. The summed E-state index contributed by atoms with van der Waals surface area (Å²) >= 11 is 0. The minimum absolute atomic E-state index is 0.152. The van der Waals surface area contributed by atoms with E-state index >= 15 is 0 Å². The van der Waals surface area contributed by atoms with Crippen molar-refractivity contribution in [3.8, 4) is 0 Å². The molecule has 1 saturated heterocycles. The van der Waals surface area contributed by atoms with Crippen molar-refractivity contribution in [2.24, 2.45) is 5.92 Å². The molecule has 0 aromatic heterocycles. The molecule has 1 aliphatic rings. The van der Waals surface area contributed by atoms with E-state index < -0.39 is 22.2 Å². The predicted molar refractivity (Wildman–Crippen MR) is 79.0 cm³/mol. The number of rotatable bonds is 7. The molecule has 9 heteroatoms. The van der Waals surface area contributed by atoms with Crippen molar-refractivity contribution in [1.29, 1.82) is 0 Å². The summed E-state index contributed by atoms with van der Waals surface area (Å²) < 4.78 is 37.1. The molecule has 1 atom stereocenters. The summed E-state index contributed by atoms with van der Waals surface area (Å²) in [7, 11) is -2.63. The zero-order valence-electron chi connectivity index (χ0n) is 12.8. The van der Waals surface area contributed by atoms with Crippen LogP contribution in [0.5, 0.6) is 0 Å². The van der Waals surface area contributed by atoms with Gasteiger partial charge in [-0.3, -0.25) is 9.59 Å². The van der Waals surface area contributed by atoms with Crippen LogP contribution in [0.3, 0.4) is 0 Å². The summed E-state index contributed by atoms with van der Waals surface area (Å²) in [6, 6.07) is 0. The van der Waals surface area contributed by atoms with Crippen LogP contribution in [0.1, 0.15) is 19.8 Å². The summed E-state index contributed by atoms with van der Waals surface area (Å²) in [6.45, 7) is 5.37. The van der Waals surface area contributed by atoms with E-state index in [1.807, 2.05) is 4.72 Å². The molecule has 0 saturated carbocycles. The highest BCUT2D eigenvalue weighted by molar-refractivity contribution is 7.87. The molecule has 8 nitrogen and oxygen atoms in total. The van der Waals surface area contributed by atoms with Crippen LogP contribution in [0.15, 0.2) is 12.7 Å². The zero-order valence-corrected chi connectivity index (χ0v) is 13.6. The number of amides is 1. The number of piperidine rings is 1.